The summed E-state index contributed by atoms with van der Waals surface area (Å²) in [5.41, 5.74) is -0.0544. The molecule has 1 aromatic heterocycles. The Hall–Kier alpha value is -1.54. The van der Waals surface area contributed by atoms with E-state index in [1.54, 1.807) is 12.1 Å². The maximum Gasteiger partial charge on any atom is 0.274 e. The minimum atomic E-state index is -0.476. The average molecular weight is 417 g/mol. The SMILES string of the molecule is CCCc1nc(Br)cc(Oc2cc(Br)cc([N+](=O)[O-])c2)n1. The molecule has 0 saturated heterocycles. The van der Waals surface area contributed by atoms with Crippen LogP contribution in [-0.4, -0.2) is 14.9 Å². The number of nitro groups is 1. The zero-order valence-corrected chi connectivity index (χ0v) is 14.2. The molecule has 0 aliphatic rings. The van der Waals surface area contributed by atoms with Crippen LogP contribution in [0.5, 0.6) is 11.6 Å². The maximum atomic E-state index is 10.8. The molecule has 6 nitrogen and oxygen atoms in total. The van der Waals surface area contributed by atoms with Gasteiger partial charge in [-0.3, -0.25) is 10.1 Å². The normalized spacial score (nSPS) is 10.4. The van der Waals surface area contributed by atoms with E-state index in [0.29, 0.717) is 26.5 Å². The van der Waals surface area contributed by atoms with Crippen molar-refractivity contribution in [1.29, 1.82) is 0 Å². The summed E-state index contributed by atoms with van der Waals surface area (Å²) in [6, 6.07) is 6.01. The Morgan fingerprint density at radius 3 is 2.67 bits per heavy atom. The van der Waals surface area contributed by atoms with Gasteiger partial charge in [-0.2, -0.15) is 4.98 Å². The summed E-state index contributed by atoms with van der Waals surface area (Å²) < 4.78 is 6.78. The number of halogens is 2. The number of non-ortho nitro benzene ring substituents is 1. The van der Waals surface area contributed by atoms with E-state index in [1.807, 2.05) is 6.92 Å². The molecule has 0 radical (unpaired) electrons. The van der Waals surface area contributed by atoms with E-state index < -0.39 is 4.92 Å². The molecule has 0 saturated carbocycles. The highest BCUT2D eigenvalue weighted by molar-refractivity contribution is 9.10. The third kappa shape index (κ3) is 4.47. The lowest BCUT2D eigenvalue weighted by Gasteiger charge is -2.07. The second-order valence-electron chi connectivity index (χ2n) is 4.20. The number of benzene rings is 1. The van der Waals surface area contributed by atoms with Crippen molar-refractivity contribution in [1.82, 2.24) is 9.97 Å². The molecule has 0 bridgehead atoms. The predicted molar refractivity (Wildman–Crippen MR) is 84.6 cm³/mol. The highest BCUT2D eigenvalue weighted by atomic mass is 79.9. The molecule has 2 aromatic rings. The van der Waals surface area contributed by atoms with Gasteiger partial charge in [0, 0.05) is 23.0 Å². The first-order valence-electron chi connectivity index (χ1n) is 6.14. The van der Waals surface area contributed by atoms with Gasteiger partial charge in [-0.1, -0.05) is 22.9 Å². The molecule has 1 heterocycles. The second-order valence-corrected chi connectivity index (χ2v) is 5.93. The number of aromatic nitrogens is 2. The van der Waals surface area contributed by atoms with Crippen LogP contribution in [0.25, 0.3) is 0 Å². The first kappa shape index (κ1) is 15.8. The monoisotopic (exact) mass is 415 g/mol. The van der Waals surface area contributed by atoms with Gasteiger partial charge in [0.05, 0.1) is 11.0 Å². The molecule has 0 aliphatic carbocycles. The van der Waals surface area contributed by atoms with Gasteiger partial charge in [0.15, 0.2) is 0 Å². The van der Waals surface area contributed by atoms with Crippen molar-refractivity contribution < 1.29 is 9.66 Å². The molecule has 0 aliphatic heterocycles. The zero-order chi connectivity index (χ0) is 15.4. The highest BCUT2D eigenvalue weighted by Gasteiger charge is 2.11. The second kappa shape index (κ2) is 6.95. The van der Waals surface area contributed by atoms with E-state index in [1.165, 1.54) is 12.1 Å². The fourth-order valence-electron chi connectivity index (χ4n) is 1.66. The molecule has 0 N–H and O–H groups in total. The fraction of sp³-hybridized carbons (Fsp3) is 0.231. The summed E-state index contributed by atoms with van der Waals surface area (Å²) in [5.74, 6) is 1.34. The molecular weight excluding hydrogens is 406 g/mol. The fourth-order valence-corrected chi connectivity index (χ4v) is 2.52. The van der Waals surface area contributed by atoms with E-state index >= 15 is 0 Å². The number of hydrogen-bond acceptors (Lipinski definition) is 5. The average Bonchev–Trinajstić information content (AvgIpc) is 2.37. The van der Waals surface area contributed by atoms with Gasteiger partial charge in [-0.25, -0.2) is 4.98 Å². The lowest BCUT2D eigenvalue weighted by atomic mass is 10.3. The number of rotatable bonds is 5. The zero-order valence-electron chi connectivity index (χ0n) is 11.0. The number of nitrogens with zero attached hydrogens (tertiary/aromatic N) is 3. The molecular formula is C13H11Br2N3O3. The van der Waals surface area contributed by atoms with Crippen molar-refractivity contribution in [3.63, 3.8) is 0 Å². The standard InChI is InChI=1S/C13H11Br2N3O3/c1-2-3-12-16-11(15)7-13(17-12)21-10-5-8(14)4-9(6-10)18(19)20/h4-7H,2-3H2,1H3. The first-order valence-corrected chi connectivity index (χ1v) is 7.73. The van der Waals surface area contributed by atoms with Crippen LogP contribution >= 0.6 is 31.9 Å². The quantitative estimate of drug-likeness (QED) is 0.402. The Kier molecular flexibility index (Phi) is 5.24. The summed E-state index contributed by atoms with van der Waals surface area (Å²) in [4.78, 5) is 18.9. The molecule has 0 amide bonds. The van der Waals surface area contributed by atoms with Gasteiger partial charge < -0.3 is 4.74 Å². The van der Waals surface area contributed by atoms with Gasteiger partial charge in [0.1, 0.15) is 16.2 Å². The van der Waals surface area contributed by atoms with Crippen LogP contribution in [0.3, 0.4) is 0 Å². The Morgan fingerprint density at radius 2 is 2.00 bits per heavy atom. The molecule has 2 rings (SSSR count). The molecule has 0 spiro atoms. The smallest absolute Gasteiger partial charge is 0.274 e. The number of hydrogen-bond donors (Lipinski definition) is 0. The maximum absolute atomic E-state index is 10.8. The first-order chi connectivity index (χ1) is 9.97. The minimum absolute atomic E-state index is 0.0544. The molecule has 8 heteroatoms. The third-order valence-electron chi connectivity index (χ3n) is 2.48. The van der Waals surface area contributed by atoms with Crippen molar-refractivity contribution in [2.24, 2.45) is 0 Å². The van der Waals surface area contributed by atoms with E-state index in [4.69, 9.17) is 4.74 Å². The van der Waals surface area contributed by atoms with E-state index in [0.717, 1.165) is 12.8 Å². The molecule has 0 atom stereocenters. The topological polar surface area (TPSA) is 78.2 Å². The van der Waals surface area contributed by atoms with Crippen LogP contribution in [0, 0.1) is 10.1 Å². The molecule has 110 valence electrons. The van der Waals surface area contributed by atoms with Crippen LogP contribution in [0.15, 0.2) is 33.3 Å². The Labute approximate surface area is 138 Å². The number of aryl methyl sites for hydroxylation is 1. The number of nitro benzene ring substituents is 1. The predicted octanol–water partition coefficient (Wildman–Crippen LogP) is 4.65. The molecule has 21 heavy (non-hydrogen) atoms. The van der Waals surface area contributed by atoms with Gasteiger partial charge in [-0.05, 0) is 28.4 Å². The van der Waals surface area contributed by atoms with Crippen molar-refractivity contribution in [2.45, 2.75) is 19.8 Å². The molecule has 0 fully saturated rings. The summed E-state index contributed by atoms with van der Waals surface area (Å²) in [6.45, 7) is 2.03. The summed E-state index contributed by atoms with van der Waals surface area (Å²) in [5, 5.41) is 10.8. The number of ether oxygens (including phenoxy) is 1. The van der Waals surface area contributed by atoms with Crippen molar-refractivity contribution >= 4 is 37.5 Å². The van der Waals surface area contributed by atoms with E-state index in [-0.39, 0.29) is 5.69 Å². The van der Waals surface area contributed by atoms with Gasteiger partial charge in [0.2, 0.25) is 5.88 Å². The van der Waals surface area contributed by atoms with Crippen LogP contribution in [0.4, 0.5) is 5.69 Å². The summed E-state index contributed by atoms with van der Waals surface area (Å²) in [6.07, 6.45) is 1.65. The van der Waals surface area contributed by atoms with Crippen LogP contribution in [-0.2, 0) is 6.42 Å². The van der Waals surface area contributed by atoms with Crippen LogP contribution in [0.1, 0.15) is 19.2 Å². The Balaban J connectivity index is 2.31. The lowest BCUT2D eigenvalue weighted by Crippen LogP contribution is -1.98. The van der Waals surface area contributed by atoms with Crippen molar-refractivity contribution in [2.75, 3.05) is 0 Å². The van der Waals surface area contributed by atoms with Gasteiger partial charge in [0.25, 0.3) is 5.69 Å². The lowest BCUT2D eigenvalue weighted by molar-refractivity contribution is -0.385. The highest BCUT2D eigenvalue weighted by Crippen LogP contribution is 2.29. The Bertz CT molecular complexity index is 680. The largest absolute Gasteiger partial charge is 0.439 e. The van der Waals surface area contributed by atoms with E-state index in [9.17, 15) is 10.1 Å². The summed E-state index contributed by atoms with van der Waals surface area (Å²) in [7, 11) is 0. The Morgan fingerprint density at radius 1 is 1.24 bits per heavy atom. The van der Waals surface area contributed by atoms with Gasteiger partial charge >= 0.3 is 0 Å². The van der Waals surface area contributed by atoms with Crippen LogP contribution in [0.2, 0.25) is 0 Å². The van der Waals surface area contributed by atoms with Crippen LogP contribution < -0.4 is 4.74 Å². The molecule has 0 unspecified atom stereocenters. The minimum Gasteiger partial charge on any atom is -0.439 e. The molecule has 1 aromatic carbocycles. The van der Waals surface area contributed by atoms with Crippen molar-refractivity contribution in [3.05, 3.63) is 49.3 Å². The third-order valence-corrected chi connectivity index (χ3v) is 3.34. The van der Waals surface area contributed by atoms with Crippen molar-refractivity contribution in [3.8, 4) is 11.6 Å². The van der Waals surface area contributed by atoms with E-state index in [2.05, 4.69) is 41.8 Å². The van der Waals surface area contributed by atoms with Gasteiger partial charge in [-0.15, -0.1) is 0 Å². The summed E-state index contributed by atoms with van der Waals surface area (Å²) >= 11 is 6.52.